The molecule has 5 atom stereocenters. The topological polar surface area (TPSA) is 288 Å². The van der Waals surface area contributed by atoms with Gasteiger partial charge in [-0.2, -0.15) is 0 Å². The fourth-order valence-corrected chi connectivity index (χ4v) is 6.72. The van der Waals surface area contributed by atoms with E-state index in [1.807, 2.05) is 0 Å². The Kier molecular flexibility index (Phi) is 8.18. The second kappa shape index (κ2) is 12.6. The number of phenolic OH excluding ortho intramolecular Hbond substituents is 11. The van der Waals surface area contributed by atoms with E-state index in [1.54, 1.807) is 0 Å². The van der Waals surface area contributed by atoms with Crippen LogP contribution >= 0.6 is 0 Å². The number of esters is 1. The fraction of sp³-hybridized carbons (Fsp3) is 0.162. The Morgan fingerprint density at radius 3 is 1.77 bits per heavy atom. The van der Waals surface area contributed by atoms with Gasteiger partial charge in [-0.1, -0.05) is 12.1 Å². The van der Waals surface area contributed by atoms with Gasteiger partial charge in [0.1, 0.15) is 46.7 Å². The third kappa shape index (κ3) is 5.85. The summed E-state index contributed by atoms with van der Waals surface area (Å²) in [4.78, 5) is 13.4. The summed E-state index contributed by atoms with van der Waals surface area (Å²) in [6, 6.07) is 11.9. The molecule has 0 amide bonds. The number of fused-ring (bicyclic) bond motifs is 2. The molecule has 0 saturated heterocycles. The highest BCUT2D eigenvalue weighted by Gasteiger charge is 2.47. The first-order valence-electron chi connectivity index (χ1n) is 15.8. The lowest BCUT2D eigenvalue weighted by atomic mass is 9.77. The maximum Gasteiger partial charge on any atom is 0.338 e. The zero-order valence-corrected chi connectivity index (χ0v) is 26.9. The Morgan fingerprint density at radius 2 is 1.17 bits per heavy atom. The summed E-state index contributed by atoms with van der Waals surface area (Å²) >= 11 is 0. The van der Waals surface area contributed by atoms with Gasteiger partial charge in [-0.05, 0) is 42.0 Å². The van der Waals surface area contributed by atoms with Gasteiger partial charge in [-0.15, -0.1) is 0 Å². The summed E-state index contributed by atoms with van der Waals surface area (Å²) in [6.45, 7) is 0. The van der Waals surface area contributed by atoms with Crippen molar-refractivity contribution in [2.75, 3.05) is 0 Å². The molecule has 0 aliphatic carbocycles. The largest absolute Gasteiger partial charge is 0.508 e. The molecule has 0 aromatic heterocycles. The lowest BCUT2D eigenvalue weighted by Gasteiger charge is -2.40. The Hall–Kier alpha value is -7.07. The van der Waals surface area contributed by atoms with E-state index >= 15 is 0 Å². The first-order valence-corrected chi connectivity index (χ1v) is 15.8. The normalized spacial score (nSPS) is 20.4. The molecule has 0 spiro atoms. The summed E-state index contributed by atoms with van der Waals surface area (Å²) in [7, 11) is 0. The molecule has 0 unspecified atom stereocenters. The molecule has 0 saturated carbocycles. The number of rotatable bonds is 5. The third-order valence-electron chi connectivity index (χ3n) is 9.22. The summed E-state index contributed by atoms with van der Waals surface area (Å²) in [5, 5.41) is 126. The first-order chi connectivity index (χ1) is 25.1. The number of ether oxygens (including phenoxy) is 3. The van der Waals surface area contributed by atoms with Crippen LogP contribution in [0.5, 0.6) is 74.7 Å². The number of aliphatic hydroxyl groups excluding tert-OH is 1. The molecule has 0 bridgehead atoms. The second-order valence-electron chi connectivity index (χ2n) is 12.6. The van der Waals surface area contributed by atoms with E-state index in [1.165, 1.54) is 12.1 Å². The fourth-order valence-electron chi connectivity index (χ4n) is 6.72. The van der Waals surface area contributed by atoms with Gasteiger partial charge in [0.05, 0.1) is 11.5 Å². The number of carbonyl (C=O) groups excluding carboxylic acids is 1. The van der Waals surface area contributed by atoms with Crippen molar-refractivity contribution in [3.05, 3.63) is 100 Å². The average molecular weight is 731 g/mol. The average Bonchev–Trinajstić information content (AvgIpc) is 3.10. The molecule has 5 aromatic rings. The van der Waals surface area contributed by atoms with E-state index < -0.39 is 105 Å². The van der Waals surface area contributed by atoms with Gasteiger partial charge >= 0.3 is 5.97 Å². The molecule has 5 aromatic carbocycles. The molecule has 2 aliphatic rings. The van der Waals surface area contributed by atoms with Crippen LogP contribution < -0.4 is 9.47 Å². The van der Waals surface area contributed by atoms with Crippen molar-refractivity contribution in [3.8, 4) is 74.7 Å². The molecule has 2 aliphatic heterocycles. The number of hydrogen-bond acceptors (Lipinski definition) is 16. The van der Waals surface area contributed by atoms with Crippen LogP contribution in [-0.2, 0) is 11.2 Å². The smallest absolute Gasteiger partial charge is 0.338 e. The Balaban J connectivity index is 1.39. The summed E-state index contributed by atoms with van der Waals surface area (Å²) in [6.07, 6.45) is -6.22. The highest BCUT2D eigenvalue weighted by molar-refractivity contribution is 5.91. The zero-order valence-electron chi connectivity index (χ0n) is 26.9. The van der Waals surface area contributed by atoms with Gasteiger partial charge in [0, 0.05) is 46.9 Å². The minimum absolute atomic E-state index is 0.0661. The van der Waals surface area contributed by atoms with E-state index in [-0.39, 0.29) is 45.7 Å². The van der Waals surface area contributed by atoms with Gasteiger partial charge in [0.25, 0.3) is 0 Å². The number of phenols is 11. The van der Waals surface area contributed by atoms with Crippen LogP contribution in [0, 0.1) is 0 Å². The molecule has 0 fully saturated rings. The van der Waals surface area contributed by atoms with Crippen LogP contribution in [0.15, 0.2) is 66.7 Å². The minimum Gasteiger partial charge on any atom is -0.508 e. The molecular formula is C37H30O16. The quantitative estimate of drug-likeness (QED) is 0.0899. The van der Waals surface area contributed by atoms with Crippen LogP contribution in [0.1, 0.15) is 56.3 Å². The van der Waals surface area contributed by atoms with Crippen LogP contribution in [-0.4, -0.2) is 79.5 Å². The third-order valence-corrected chi connectivity index (χ3v) is 9.22. The highest BCUT2D eigenvalue weighted by atomic mass is 16.6. The second-order valence-corrected chi connectivity index (χ2v) is 12.6. The maximum absolute atomic E-state index is 13.4. The molecule has 0 radical (unpaired) electrons. The number of carbonyl (C=O) groups is 1. The minimum atomic E-state index is -1.72. The van der Waals surface area contributed by atoms with Crippen molar-refractivity contribution in [1.29, 1.82) is 0 Å². The van der Waals surface area contributed by atoms with Crippen LogP contribution in [0.25, 0.3) is 0 Å². The molecule has 2 heterocycles. The number of hydrogen-bond donors (Lipinski definition) is 12. The van der Waals surface area contributed by atoms with Gasteiger partial charge in [0.2, 0.25) is 0 Å². The molecule has 12 N–H and O–H groups in total. The Morgan fingerprint density at radius 1 is 0.585 bits per heavy atom. The molecule has 16 heteroatoms. The summed E-state index contributed by atoms with van der Waals surface area (Å²) in [5.41, 5.74) is -0.556. The van der Waals surface area contributed by atoms with Gasteiger partial charge in [-0.25, -0.2) is 4.79 Å². The van der Waals surface area contributed by atoms with Crippen molar-refractivity contribution < 1.29 is 80.3 Å². The van der Waals surface area contributed by atoms with Crippen molar-refractivity contribution in [2.24, 2.45) is 0 Å². The van der Waals surface area contributed by atoms with E-state index in [0.717, 1.165) is 54.6 Å². The van der Waals surface area contributed by atoms with E-state index in [9.17, 15) is 66.1 Å². The van der Waals surface area contributed by atoms with E-state index in [0.29, 0.717) is 0 Å². The maximum atomic E-state index is 13.4. The van der Waals surface area contributed by atoms with Crippen molar-refractivity contribution in [2.45, 2.75) is 36.8 Å². The van der Waals surface area contributed by atoms with Gasteiger partial charge in [0.15, 0.2) is 52.5 Å². The molecule has 7 rings (SSSR count). The summed E-state index contributed by atoms with van der Waals surface area (Å²) in [5.74, 6) is -9.84. The standard InChI is InChI=1S/C37H30O16/c38-16-9-23(44)29-27(10-16)51-35(14-2-4-19(40)22(43)6-14)33(49)31(29)30-24(45)12-20(41)17-11-28(52-37(50)15-7-25(46)32(48)26(47)8-15)34(53-36(17)30)13-1-3-18(39)21(42)5-13/h1-10,12,28,31,33-35,38-49H,11H2/t28-,31+,33+,34+,35-/m1/s1. The van der Waals surface area contributed by atoms with Gasteiger partial charge in [-0.3, -0.25) is 0 Å². The Labute approximate surface area is 297 Å². The van der Waals surface area contributed by atoms with Crippen molar-refractivity contribution in [3.63, 3.8) is 0 Å². The molecule has 53 heavy (non-hydrogen) atoms. The number of aliphatic hydroxyl groups is 1. The first kappa shape index (κ1) is 34.4. The van der Waals surface area contributed by atoms with Crippen LogP contribution in [0.2, 0.25) is 0 Å². The van der Waals surface area contributed by atoms with E-state index in [4.69, 9.17) is 14.2 Å². The SMILES string of the molecule is O=C(O[C@@H]1Cc2c(O)cc(O)c([C@@H]3c4c(O)cc(O)cc4O[C@H](c4ccc(O)c(O)c4)[C@H]3O)c2O[C@H]1c1ccc(O)c(O)c1)c1cc(O)c(O)c(O)c1. The molecular weight excluding hydrogens is 700 g/mol. The summed E-state index contributed by atoms with van der Waals surface area (Å²) < 4.78 is 18.1. The lowest BCUT2D eigenvalue weighted by Crippen LogP contribution is -2.38. The van der Waals surface area contributed by atoms with Gasteiger partial charge < -0.3 is 75.5 Å². The zero-order chi connectivity index (χ0) is 38.0. The number of aromatic hydroxyl groups is 11. The number of benzene rings is 5. The molecule has 16 nitrogen and oxygen atoms in total. The highest BCUT2D eigenvalue weighted by Crippen LogP contribution is 2.57. The Bertz CT molecular complexity index is 2280. The van der Waals surface area contributed by atoms with E-state index in [2.05, 4.69) is 0 Å². The molecule has 274 valence electrons. The predicted molar refractivity (Wildman–Crippen MR) is 178 cm³/mol. The monoisotopic (exact) mass is 730 g/mol. The lowest BCUT2D eigenvalue weighted by molar-refractivity contribution is -0.0210. The van der Waals surface area contributed by atoms with Crippen LogP contribution in [0.4, 0.5) is 0 Å². The van der Waals surface area contributed by atoms with Crippen molar-refractivity contribution >= 4 is 5.97 Å². The van der Waals surface area contributed by atoms with Crippen LogP contribution in [0.3, 0.4) is 0 Å². The predicted octanol–water partition coefficient (Wildman–Crippen LogP) is 3.98. The van der Waals surface area contributed by atoms with Crippen molar-refractivity contribution in [1.82, 2.24) is 0 Å².